The molecule has 0 saturated heterocycles. The van der Waals surface area contributed by atoms with Crippen LogP contribution in [-0.2, 0) is 4.79 Å². The lowest BCUT2D eigenvalue weighted by Crippen LogP contribution is -2.27. The highest BCUT2D eigenvalue weighted by Crippen LogP contribution is 2.47. The number of ether oxygens (including phenoxy) is 2. The molecule has 1 aliphatic heterocycles. The summed E-state index contributed by atoms with van der Waals surface area (Å²) in [7, 11) is 3.26. The minimum absolute atomic E-state index is 0.141. The molecule has 0 fully saturated rings. The van der Waals surface area contributed by atoms with Gasteiger partial charge < -0.3 is 20.1 Å². The number of hydrogen-bond donors (Lipinski definition) is 2. The Morgan fingerprint density at radius 3 is 2.31 bits per heavy atom. The summed E-state index contributed by atoms with van der Waals surface area (Å²) in [6.07, 6.45) is 1.25. The van der Waals surface area contributed by atoms with E-state index in [0.717, 1.165) is 34.6 Å². The fourth-order valence-electron chi connectivity index (χ4n) is 4.83. The molecule has 0 aromatic heterocycles. The Morgan fingerprint density at radius 2 is 1.56 bits per heavy atom. The van der Waals surface area contributed by atoms with Crippen molar-refractivity contribution in [3.8, 4) is 11.5 Å². The summed E-state index contributed by atoms with van der Waals surface area (Å²) in [5.41, 5.74) is 5.70. The molecule has 2 atom stereocenters. The third kappa shape index (κ3) is 3.50. The fraction of sp³-hybridized carbons (Fsp3) is 0.222. The second kappa shape index (κ2) is 8.42. The zero-order chi connectivity index (χ0) is 22.1. The molecule has 162 valence electrons. The number of ketones is 1. The molecule has 5 rings (SSSR count). The van der Waals surface area contributed by atoms with Crippen molar-refractivity contribution in [1.82, 2.24) is 0 Å². The number of carbonyl (C=O) groups excluding carboxylic acids is 1. The van der Waals surface area contributed by atoms with Crippen molar-refractivity contribution in [2.75, 3.05) is 24.9 Å². The third-order valence-corrected chi connectivity index (χ3v) is 6.32. The quantitative estimate of drug-likeness (QED) is 0.562. The Hall–Kier alpha value is -3.73. The van der Waals surface area contributed by atoms with Gasteiger partial charge in [-0.3, -0.25) is 4.79 Å². The highest BCUT2D eigenvalue weighted by molar-refractivity contribution is 6.01. The standard InChI is InChI=1S/C27H26N2O3/c1-31-24-14-8-11-19(27(24)32-2)26-25-22(28-20-12-6-7-13-21(20)29-26)15-18(16-23(25)30)17-9-4-3-5-10-17/h3-14,18,26,28-29H,15-16H2,1-2H3/t18-,26+/m0/s1. The Morgan fingerprint density at radius 1 is 0.812 bits per heavy atom. The van der Waals surface area contributed by atoms with E-state index in [9.17, 15) is 4.79 Å². The zero-order valence-corrected chi connectivity index (χ0v) is 18.2. The van der Waals surface area contributed by atoms with Crippen LogP contribution in [0.15, 0.2) is 84.1 Å². The number of para-hydroxylation sites is 3. The molecule has 0 bridgehead atoms. The van der Waals surface area contributed by atoms with Crippen LogP contribution in [0.5, 0.6) is 11.5 Å². The molecule has 0 saturated carbocycles. The summed E-state index contributed by atoms with van der Waals surface area (Å²) in [6, 6.07) is 23.8. The number of benzene rings is 3. The molecular formula is C27H26N2O3. The molecule has 3 aromatic carbocycles. The van der Waals surface area contributed by atoms with Gasteiger partial charge in [-0.2, -0.15) is 0 Å². The van der Waals surface area contributed by atoms with E-state index < -0.39 is 0 Å². The number of fused-ring (bicyclic) bond motifs is 1. The number of Topliss-reactive ketones (excluding diaryl/α,β-unsaturated/α-hetero) is 1. The van der Waals surface area contributed by atoms with Gasteiger partial charge in [-0.1, -0.05) is 54.6 Å². The van der Waals surface area contributed by atoms with E-state index in [1.165, 1.54) is 5.56 Å². The predicted octanol–water partition coefficient (Wildman–Crippen LogP) is 5.68. The van der Waals surface area contributed by atoms with Crippen molar-refractivity contribution in [2.24, 2.45) is 0 Å². The summed E-state index contributed by atoms with van der Waals surface area (Å²) in [6.45, 7) is 0. The molecule has 1 aliphatic carbocycles. The van der Waals surface area contributed by atoms with Crippen LogP contribution >= 0.6 is 0 Å². The molecular weight excluding hydrogens is 400 g/mol. The van der Waals surface area contributed by atoms with Crippen molar-refractivity contribution in [2.45, 2.75) is 24.8 Å². The first-order chi connectivity index (χ1) is 15.7. The molecule has 2 N–H and O–H groups in total. The van der Waals surface area contributed by atoms with Gasteiger partial charge in [0.05, 0.1) is 31.6 Å². The maximum absolute atomic E-state index is 13.6. The van der Waals surface area contributed by atoms with Gasteiger partial charge in [0.2, 0.25) is 0 Å². The first-order valence-electron chi connectivity index (χ1n) is 10.8. The molecule has 3 aromatic rings. The Kier molecular flexibility index (Phi) is 5.31. The van der Waals surface area contributed by atoms with Crippen molar-refractivity contribution in [3.63, 3.8) is 0 Å². The van der Waals surface area contributed by atoms with Gasteiger partial charge >= 0.3 is 0 Å². The smallest absolute Gasteiger partial charge is 0.166 e. The van der Waals surface area contributed by atoms with E-state index in [0.29, 0.717) is 17.9 Å². The average molecular weight is 427 g/mol. The molecule has 0 radical (unpaired) electrons. The zero-order valence-electron chi connectivity index (χ0n) is 18.2. The molecule has 1 heterocycles. The average Bonchev–Trinajstić information content (AvgIpc) is 3.00. The highest BCUT2D eigenvalue weighted by atomic mass is 16.5. The van der Waals surface area contributed by atoms with Gasteiger partial charge in [0, 0.05) is 23.3 Å². The number of methoxy groups -OCH3 is 2. The fourth-order valence-corrected chi connectivity index (χ4v) is 4.83. The number of allylic oxidation sites excluding steroid dienone is 1. The van der Waals surface area contributed by atoms with Crippen molar-refractivity contribution < 1.29 is 14.3 Å². The number of nitrogens with one attached hydrogen (secondary N) is 2. The minimum atomic E-state index is -0.351. The normalized spacial score (nSPS) is 19.8. The second-order valence-electron chi connectivity index (χ2n) is 8.16. The van der Waals surface area contributed by atoms with Crippen LogP contribution in [0, 0.1) is 0 Å². The van der Waals surface area contributed by atoms with Gasteiger partial charge in [0.15, 0.2) is 17.3 Å². The summed E-state index contributed by atoms with van der Waals surface area (Å²) < 4.78 is 11.3. The highest BCUT2D eigenvalue weighted by Gasteiger charge is 2.37. The molecule has 2 aliphatic rings. The third-order valence-electron chi connectivity index (χ3n) is 6.32. The number of rotatable bonds is 4. The minimum Gasteiger partial charge on any atom is -0.493 e. The van der Waals surface area contributed by atoms with E-state index in [2.05, 4.69) is 22.8 Å². The van der Waals surface area contributed by atoms with E-state index in [4.69, 9.17) is 9.47 Å². The molecule has 0 amide bonds. The number of hydrogen-bond acceptors (Lipinski definition) is 5. The van der Waals surface area contributed by atoms with E-state index >= 15 is 0 Å². The Labute approximate surface area is 188 Å². The van der Waals surface area contributed by atoms with E-state index in [-0.39, 0.29) is 17.7 Å². The van der Waals surface area contributed by atoms with Crippen LogP contribution in [-0.4, -0.2) is 20.0 Å². The van der Waals surface area contributed by atoms with Crippen molar-refractivity contribution in [3.05, 3.63) is 95.2 Å². The molecule has 5 heteroatoms. The summed E-state index contributed by atoms with van der Waals surface area (Å²) in [4.78, 5) is 13.6. The maximum Gasteiger partial charge on any atom is 0.166 e. The van der Waals surface area contributed by atoms with Crippen LogP contribution in [0.1, 0.15) is 35.9 Å². The topological polar surface area (TPSA) is 59.6 Å². The molecule has 0 spiro atoms. The van der Waals surface area contributed by atoms with Crippen LogP contribution in [0.4, 0.5) is 11.4 Å². The van der Waals surface area contributed by atoms with Crippen LogP contribution in [0.25, 0.3) is 0 Å². The molecule has 32 heavy (non-hydrogen) atoms. The largest absolute Gasteiger partial charge is 0.493 e. The van der Waals surface area contributed by atoms with Crippen molar-refractivity contribution in [1.29, 1.82) is 0 Å². The SMILES string of the molecule is COc1cccc([C@H]2Nc3ccccc3NC3=C2C(=O)C[C@@H](c2ccccc2)C3)c1OC. The monoisotopic (exact) mass is 426 g/mol. The van der Waals surface area contributed by atoms with Crippen LogP contribution in [0.3, 0.4) is 0 Å². The van der Waals surface area contributed by atoms with E-state index in [1.54, 1.807) is 14.2 Å². The summed E-state index contributed by atoms with van der Waals surface area (Å²) in [5, 5.41) is 7.19. The molecule has 0 unspecified atom stereocenters. The van der Waals surface area contributed by atoms with Gasteiger partial charge in [0.1, 0.15) is 0 Å². The first-order valence-corrected chi connectivity index (χ1v) is 10.8. The van der Waals surface area contributed by atoms with Gasteiger partial charge in [-0.05, 0) is 36.1 Å². The van der Waals surface area contributed by atoms with Gasteiger partial charge in [0.25, 0.3) is 0 Å². The van der Waals surface area contributed by atoms with Crippen LogP contribution < -0.4 is 20.1 Å². The summed E-state index contributed by atoms with van der Waals surface area (Å²) in [5.74, 6) is 1.57. The predicted molar refractivity (Wildman–Crippen MR) is 126 cm³/mol. The second-order valence-corrected chi connectivity index (χ2v) is 8.16. The van der Waals surface area contributed by atoms with Crippen LogP contribution in [0.2, 0.25) is 0 Å². The lowest BCUT2D eigenvalue weighted by atomic mass is 9.78. The lowest BCUT2D eigenvalue weighted by molar-refractivity contribution is -0.116. The summed E-state index contributed by atoms with van der Waals surface area (Å²) >= 11 is 0. The first kappa shape index (κ1) is 20.2. The number of anilines is 2. The van der Waals surface area contributed by atoms with Gasteiger partial charge in [-0.15, -0.1) is 0 Å². The lowest BCUT2D eigenvalue weighted by Gasteiger charge is -2.30. The number of carbonyl (C=O) groups is 1. The van der Waals surface area contributed by atoms with E-state index in [1.807, 2.05) is 60.7 Å². The van der Waals surface area contributed by atoms with Crippen molar-refractivity contribution >= 4 is 17.2 Å². The Balaban J connectivity index is 1.66. The van der Waals surface area contributed by atoms with Gasteiger partial charge in [-0.25, -0.2) is 0 Å². The molecule has 5 nitrogen and oxygen atoms in total. The maximum atomic E-state index is 13.6. The Bertz CT molecular complexity index is 1190.